The summed E-state index contributed by atoms with van der Waals surface area (Å²) in [6, 6.07) is 18.7. The predicted molar refractivity (Wildman–Crippen MR) is 104 cm³/mol. The van der Waals surface area contributed by atoms with Gasteiger partial charge < -0.3 is 14.5 Å². The highest BCUT2D eigenvalue weighted by Gasteiger charge is 2.12. The summed E-state index contributed by atoms with van der Waals surface area (Å²) in [6.07, 6.45) is 1.89. The number of methoxy groups -OCH3 is 1. The molecule has 0 atom stereocenters. The van der Waals surface area contributed by atoms with Gasteiger partial charge in [0.05, 0.1) is 12.6 Å². The van der Waals surface area contributed by atoms with E-state index in [2.05, 4.69) is 71.3 Å². The molecule has 130 valence electrons. The molecule has 0 bridgehead atoms. The fourth-order valence-corrected chi connectivity index (χ4v) is 2.92. The molecule has 0 spiro atoms. The van der Waals surface area contributed by atoms with Crippen molar-refractivity contribution in [3.8, 4) is 5.75 Å². The first-order chi connectivity index (χ1) is 12.2. The van der Waals surface area contributed by atoms with Crippen molar-refractivity contribution >= 4 is 16.6 Å². The Kier molecular flexibility index (Phi) is 5.51. The van der Waals surface area contributed by atoms with Crippen LogP contribution in [0.3, 0.4) is 0 Å². The van der Waals surface area contributed by atoms with Crippen molar-refractivity contribution in [2.75, 3.05) is 39.2 Å². The average Bonchev–Trinajstić information content (AvgIpc) is 2.65. The van der Waals surface area contributed by atoms with E-state index in [9.17, 15) is 0 Å². The van der Waals surface area contributed by atoms with Crippen molar-refractivity contribution < 1.29 is 4.74 Å². The number of fused-ring (bicyclic) bond motifs is 1. The van der Waals surface area contributed by atoms with Gasteiger partial charge in [0.15, 0.2) is 0 Å². The molecule has 0 aliphatic carbocycles. The molecule has 0 N–H and O–H groups in total. The lowest BCUT2D eigenvalue weighted by Gasteiger charge is -2.27. The molecule has 1 aromatic heterocycles. The highest BCUT2D eigenvalue weighted by molar-refractivity contribution is 5.92. The van der Waals surface area contributed by atoms with Crippen molar-refractivity contribution in [1.29, 1.82) is 0 Å². The van der Waals surface area contributed by atoms with Crippen molar-refractivity contribution in [2.45, 2.75) is 6.54 Å². The zero-order valence-electron chi connectivity index (χ0n) is 15.1. The number of hydrogen-bond acceptors (Lipinski definition) is 4. The second kappa shape index (κ2) is 7.99. The van der Waals surface area contributed by atoms with Gasteiger partial charge in [-0.3, -0.25) is 4.98 Å². The molecule has 2 aromatic carbocycles. The van der Waals surface area contributed by atoms with Gasteiger partial charge >= 0.3 is 0 Å². The van der Waals surface area contributed by atoms with Gasteiger partial charge in [-0.2, -0.15) is 0 Å². The van der Waals surface area contributed by atoms with E-state index < -0.39 is 0 Å². The summed E-state index contributed by atoms with van der Waals surface area (Å²) in [6.45, 7) is 2.80. The van der Waals surface area contributed by atoms with E-state index in [0.29, 0.717) is 0 Å². The third kappa shape index (κ3) is 4.28. The van der Waals surface area contributed by atoms with Crippen LogP contribution in [-0.2, 0) is 6.54 Å². The van der Waals surface area contributed by atoms with Crippen molar-refractivity contribution in [3.05, 3.63) is 66.4 Å². The number of ether oxygens (including phenoxy) is 1. The summed E-state index contributed by atoms with van der Waals surface area (Å²) in [4.78, 5) is 9.14. The number of anilines is 1. The molecule has 0 saturated carbocycles. The van der Waals surface area contributed by atoms with Crippen molar-refractivity contribution in [2.24, 2.45) is 0 Å². The highest BCUT2D eigenvalue weighted by atomic mass is 16.5. The first kappa shape index (κ1) is 17.2. The van der Waals surface area contributed by atoms with E-state index >= 15 is 0 Å². The van der Waals surface area contributed by atoms with Gasteiger partial charge in [-0.25, -0.2) is 0 Å². The molecule has 3 rings (SSSR count). The lowest BCUT2D eigenvalue weighted by molar-refractivity contribution is 0.412. The quantitative estimate of drug-likeness (QED) is 0.656. The summed E-state index contributed by atoms with van der Waals surface area (Å²) in [5, 5.41) is 1.12. The summed E-state index contributed by atoms with van der Waals surface area (Å²) in [7, 11) is 5.91. The van der Waals surface area contributed by atoms with Crippen LogP contribution in [-0.4, -0.2) is 44.2 Å². The highest BCUT2D eigenvalue weighted by Crippen LogP contribution is 2.29. The van der Waals surface area contributed by atoms with Gasteiger partial charge in [-0.05, 0) is 43.9 Å². The largest absolute Gasteiger partial charge is 0.497 e. The number of aromatic nitrogens is 1. The van der Waals surface area contributed by atoms with Crippen LogP contribution in [0.2, 0.25) is 0 Å². The monoisotopic (exact) mass is 335 g/mol. The maximum atomic E-state index is 5.42. The molecular formula is C21H25N3O. The molecule has 25 heavy (non-hydrogen) atoms. The van der Waals surface area contributed by atoms with E-state index in [1.165, 1.54) is 11.3 Å². The molecule has 0 aliphatic heterocycles. The minimum Gasteiger partial charge on any atom is -0.497 e. The Balaban J connectivity index is 2.00. The SMILES string of the molecule is COc1ccc2nccc(N(CCN(C)C)Cc3ccccc3)c2c1. The summed E-state index contributed by atoms with van der Waals surface area (Å²) in [5.74, 6) is 0.856. The first-order valence-corrected chi connectivity index (χ1v) is 8.54. The predicted octanol–water partition coefficient (Wildman–Crippen LogP) is 3.81. The Bertz CT molecular complexity index is 818. The molecule has 3 aromatic rings. The molecule has 0 amide bonds. The Morgan fingerprint density at radius 2 is 1.76 bits per heavy atom. The topological polar surface area (TPSA) is 28.6 Å². The summed E-state index contributed by atoms with van der Waals surface area (Å²) in [5.41, 5.74) is 3.48. The van der Waals surface area contributed by atoms with Crippen LogP contribution in [0.1, 0.15) is 5.56 Å². The fourth-order valence-electron chi connectivity index (χ4n) is 2.92. The minimum atomic E-state index is 0.856. The van der Waals surface area contributed by atoms with Gasteiger partial charge in [0.2, 0.25) is 0 Å². The van der Waals surface area contributed by atoms with Crippen LogP contribution in [0.15, 0.2) is 60.8 Å². The third-order valence-corrected chi connectivity index (χ3v) is 4.30. The van der Waals surface area contributed by atoms with Gasteiger partial charge in [0.1, 0.15) is 5.75 Å². The molecule has 0 aliphatic rings. The Morgan fingerprint density at radius 1 is 0.960 bits per heavy atom. The first-order valence-electron chi connectivity index (χ1n) is 8.54. The summed E-state index contributed by atoms with van der Waals surface area (Å²) >= 11 is 0. The second-order valence-electron chi connectivity index (χ2n) is 6.42. The van der Waals surface area contributed by atoms with Gasteiger partial charge in [0, 0.05) is 36.9 Å². The van der Waals surface area contributed by atoms with Crippen molar-refractivity contribution in [1.82, 2.24) is 9.88 Å². The van der Waals surface area contributed by atoms with Crippen LogP contribution in [0.25, 0.3) is 10.9 Å². The molecule has 0 radical (unpaired) electrons. The van der Waals surface area contributed by atoms with Gasteiger partial charge in [-0.1, -0.05) is 30.3 Å². The molecule has 4 nitrogen and oxygen atoms in total. The molecule has 0 saturated heterocycles. The second-order valence-corrected chi connectivity index (χ2v) is 6.42. The number of rotatable bonds is 7. The number of likely N-dealkylation sites (N-methyl/N-ethyl adjacent to an activating group) is 1. The van der Waals surface area contributed by atoms with Crippen LogP contribution >= 0.6 is 0 Å². The lowest BCUT2D eigenvalue weighted by atomic mass is 10.1. The minimum absolute atomic E-state index is 0.856. The molecule has 1 heterocycles. The lowest BCUT2D eigenvalue weighted by Crippen LogP contribution is -2.31. The van der Waals surface area contributed by atoms with E-state index in [1.54, 1.807) is 7.11 Å². The summed E-state index contributed by atoms with van der Waals surface area (Å²) < 4.78 is 5.42. The smallest absolute Gasteiger partial charge is 0.119 e. The number of benzene rings is 2. The maximum absolute atomic E-state index is 5.42. The van der Waals surface area contributed by atoms with Crippen LogP contribution in [0.4, 0.5) is 5.69 Å². The zero-order valence-corrected chi connectivity index (χ0v) is 15.1. The van der Waals surface area contributed by atoms with Crippen molar-refractivity contribution in [3.63, 3.8) is 0 Å². The van der Waals surface area contributed by atoms with Gasteiger partial charge in [-0.15, -0.1) is 0 Å². The number of nitrogens with zero attached hydrogens (tertiary/aromatic N) is 3. The van der Waals surface area contributed by atoms with Gasteiger partial charge in [0.25, 0.3) is 0 Å². The Hall–Kier alpha value is -2.59. The van der Waals surface area contributed by atoms with Crippen LogP contribution in [0.5, 0.6) is 5.75 Å². The normalized spacial score (nSPS) is 11.0. The van der Waals surface area contributed by atoms with E-state index in [4.69, 9.17) is 4.74 Å². The maximum Gasteiger partial charge on any atom is 0.119 e. The zero-order chi connectivity index (χ0) is 17.6. The third-order valence-electron chi connectivity index (χ3n) is 4.30. The molecular weight excluding hydrogens is 310 g/mol. The number of hydrogen-bond donors (Lipinski definition) is 0. The molecule has 4 heteroatoms. The molecule has 0 fully saturated rings. The molecule has 0 unspecified atom stereocenters. The van der Waals surface area contributed by atoms with E-state index in [0.717, 1.165) is 36.3 Å². The van der Waals surface area contributed by atoms with E-state index in [-0.39, 0.29) is 0 Å². The number of pyridine rings is 1. The average molecular weight is 335 g/mol. The Labute approximate surface area is 149 Å². The fraction of sp³-hybridized carbons (Fsp3) is 0.286. The van der Waals surface area contributed by atoms with E-state index in [1.807, 2.05) is 18.3 Å². The standard InChI is InChI=1S/C21H25N3O/c1-23(2)13-14-24(16-17-7-5-4-6-8-17)21-11-12-22-20-10-9-18(25-3)15-19(20)21/h4-12,15H,13-14,16H2,1-3H3. The van der Waals surface area contributed by atoms with Crippen LogP contribution < -0.4 is 9.64 Å². The van der Waals surface area contributed by atoms with Crippen LogP contribution in [0, 0.1) is 0 Å². The Morgan fingerprint density at radius 3 is 2.48 bits per heavy atom.